The summed E-state index contributed by atoms with van der Waals surface area (Å²) >= 11 is 0. The molecule has 0 aromatic heterocycles. The predicted molar refractivity (Wildman–Crippen MR) is 135 cm³/mol. The summed E-state index contributed by atoms with van der Waals surface area (Å²) in [4.78, 5) is 13.1. The van der Waals surface area contributed by atoms with Gasteiger partial charge in [-0.1, -0.05) is 30.3 Å². The van der Waals surface area contributed by atoms with Crippen molar-refractivity contribution >= 4 is 16.1 Å². The number of ether oxygens (including phenoxy) is 3. The number of halogens is 6. The number of amides is 1. The van der Waals surface area contributed by atoms with Crippen LogP contribution in [0.5, 0.6) is 11.5 Å². The molecule has 1 atom stereocenters. The van der Waals surface area contributed by atoms with Crippen molar-refractivity contribution in [3.8, 4) is 11.5 Å². The lowest BCUT2D eigenvalue weighted by Crippen LogP contribution is -2.43. The summed E-state index contributed by atoms with van der Waals surface area (Å²) in [6.45, 7) is 1.20. The molecule has 1 amide bonds. The average molecular weight is 613 g/mol. The maximum Gasteiger partial charge on any atom is 0.422 e. The number of hydrogen-bond acceptors (Lipinski definition) is 6. The molecule has 1 aliphatic heterocycles. The van der Waals surface area contributed by atoms with Crippen LogP contribution in [0, 0.1) is 0 Å². The Labute approximate surface area is 233 Å². The van der Waals surface area contributed by atoms with Gasteiger partial charge < -0.3 is 19.1 Å². The maximum atomic E-state index is 14.1. The van der Waals surface area contributed by atoms with Crippen LogP contribution in [-0.2, 0) is 21.3 Å². The first-order chi connectivity index (χ1) is 18.8. The van der Waals surface area contributed by atoms with E-state index < -0.39 is 69.7 Å². The smallest absolute Gasteiger partial charge is 0.422 e. The minimum atomic E-state index is -4.82. The molecule has 1 saturated heterocycles. The van der Waals surface area contributed by atoms with Gasteiger partial charge in [0, 0.05) is 31.7 Å². The van der Waals surface area contributed by atoms with Gasteiger partial charge in [-0.25, -0.2) is 13.2 Å². The molecule has 0 bridgehead atoms. The van der Waals surface area contributed by atoms with Gasteiger partial charge in [0.1, 0.15) is 22.0 Å². The Kier molecular flexibility index (Phi) is 9.73. The molecule has 0 unspecified atom stereocenters. The fourth-order valence-electron chi connectivity index (χ4n) is 3.99. The van der Waals surface area contributed by atoms with E-state index in [-0.39, 0.29) is 26.1 Å². The molecular formula is C26H30F6N2O6S. The van der Waals surface area contributed by atoms with E-state index in [1.807, 2.05) is 0 Å². The van der Waals surface area contributed by atoms with Crippen LogP contribution in [0.25, 0.3) is 0 Å². The fraction of sp³-hybridized carbons (Fsp3) is 0.500. The zero-order valence-corrected chi connectivity index (χ0v) is 23.3. The number of likely N-dealkylation sites (tertiary alicyclic amines) is 1. The third-order valence-electron chi connectivity index (χ3n) is 5.70. The Bertz CT molecular complexity index is 1300. The molecule has 15 heteroatoms. The van der Waals surface area contributed by atoms with Crippen LogP contribution in [0.4, 0.5) is 31.1 Å². The van der Waals surface area contributed by atoms with E-state index in [1.54, 1.807) is 51.1 Å². The summed E-state index contributed by atoms with van der Waals surface area (Å²) in [7, 11) is -4.74. The Morgan fingerprint density at radius 3 is 2.15 bits per heavy atom. The molecule has 0 spiro atoms. The minimum absolute atomic E-state index is 0.0933. The molecule has 0 N–H and O–H groups in total. The number of hydrogen-bond donors (Lipinski definition) is 0. The Morgan fingerprint density at radius 2 is 1.56 bits per heavy atom. The van der Waals surface area contributed by atoms with Gasteiger partial charge in [0.15, 0.2) is 13.2 Å². The van der Waals surface area contributed by atoms with Gasteiger partial charge in [0.25, 0.3) is 0 Å². The van der Waals surface area contributed by atoms with Gasteiger partial charge >= 0.3 is 18.4 Å². The van der Waals surface area contributed by atoms with Crippen LogP contribution in [0.15, 0.2) is 53.4 Å². The van der Waals surface area contributed by atoms with Crippen molar-refractivity contribution in [2.75, 3.05) is 26.3 Å². The first-order valence-electron chi connectivity index (χ1n) is 12.4. The number of nitrogens with zero attached hydrogens (tertiary/aromatic N) is 2. The Hall–Kier alpha value is -3.20. The van der Waals surface area contributed by atoms with Gasteiger partial charge in [-0.05, 0) is 44.9 Å². The number of benzene rings is 2. The lowest BCUT2D eigenvalue weighted by Gasteiger charge is -2.30. The van der Waals surface area contributed by atoms with Gasteiger partial charge in [0.2, 0.25) is 10.0 Å². The quantitative estimate of drug-likeness (QED) is 0.335. The third-order valence-corrected chi connectivity index (χ3v) is 7.62. The monoisotopic (exact) mass is 612 g/mol. The lowest BCUT2D eigenvalue weighted by atomic mass is 10.2. The van der Waals surface area contributed by atoms with E-state index in [0.29, 0.717) is 11.6 Å². The first-order valence-corrected chi connectivity index (χ1v) is 13.8. The highest BCUT2D eigenvalue weighted by molar-refractivity contribution is 7.89. The van der Waals surface area contributed by atoms with Gasteiger partial charge in [-0.15, -0.1) is 0 Å². The molecular weight excluding hydrogens is 582 g/mol. The molecule has 228 valence electrons. The molecule has 3 rings (SSSR count). The summed E-state index contributed by atoms with van der Waals surface area (Å²) in [5, 5.41) is 0. The topological polar surface area (TPSA) is 85.4 Å². The maximum absolute atomic E-state index is 14.1. The predicted octanol–water partition coefficient (Wildman–Crippen LogP) is 5.77. The van der Waals surface area contributed by atoms with E-state index in [1.165, 1.54) is 4.90 Å². The number of alkyl halides is 6. The van der Waals surface area contributed by atoms with Crippen LogP contribution < -0.4 is 9.47 Å². The highest BCUT2D eigenvalue weighted by Gasteiger charge is 2.40. The summed E-state index contributed by atoms with van der Waals surface area (Å²) < 4.78 is 121. The van der Waals surface area contributed by atoms with Gasteiger partial charge in [0.05, 0.1) is 0 Å². The summed E-state index contributed by atoms with van der Waals surface area (Å²) in [6, 6.07) is 9.84. The summed E-state index contributed by atoms with van der Waals surface area (Å²) in [6.07, 6.45) is -10.1. The van der Waals surface area contributed by atoms with Crippen LogP contribution in [0.1, 0.15) is 32.8 Å². The second kappa shape index (κ2) is 12.3. The highest BCUT2D eigenvalue weighted by Crippen LogP contribution is 2.35. The van der Waals surface area contributed by atoms with Crippen LogP contribution in [0.2, 0.25) is 0 Å². The molecule has 1 aliphatic rings. The molecule has 1 fully saturated rings. The molecule has 8 nitrogen and oxygen atoms in total. The van der Waals surface area contributed by atoms with Crippen LogP contribution >= 0.6 is 0 Å². The van der Waals surface area contributed by atoms with Crippen molar-refractivity contribution in [2.45, 2.75) is 62.6 Å². The summed E-state index contributed by atoms with van der Waals surface area (Å²) in [5.74, 6) is -1.26. The normalized spacial score (nSPS) is 16.6. The molecule has 41 heavy (non-hydrogen) atoms. The van der Waals surface area contributed by atoms with Crippen molar-refractivity contribution in [1.82, 2.24) is 9.21 Å². The van der Waals surface area contributed by atoms with E-state index in [2.05, 4.69) is 4.74 Å². The SMILES string of the molecule is CC(C)(C)OC(=O)N1CC[C@@H](N(Cc2ccccc2)S(=O)(=O)c2cc(OCC(F)(F)F)ccc2OCC(F)(F)F)C1. The standard InChI is InChI=1S/C26H30F6N2O6S/c1-24(2,3)40-23(35)33-12-11-19(15-33)34(14-18-7-5-4-6-8-18)41(36,37)22-13-20(38-16-25(27,28)29)9-10-21(22)39-17-26(30,31)32/h4-10,13,19H,11-12,14-17H2,1-3H3/t19-/m1/s1. The molecule has 2 aromatic carbocycles. The van der Waals surface area contributed by atoms with E-state index >= 15 is 0 Å². The van der Waals surface area contributed by atoms with E-state index in [9.17, 15) is 39.6 Å². The third kappa shape index (κ3) is 9.69. The highest BCUT2D eigenvalue weighted by atomic mass is 32.2. The Balaban J connectivity index is 2.03. The van der Waals surface area contributed by atoms with Crippen LogP contribution in [0.3, 0.4) is 0 Å². The van der Waals surface area contributed by atoms with Crippen LogP contribution in [-0.4, -0.2) is 74.0 Å². The average Bonchev–Trinajstić information content (AvgIpc) is 3.34. The minimum Gasteiger partial charge on any atom is -0.484 e. The zero-order valence-electron chi connectivity index (χ0n) is 22.5. The zero-order chi connectivity index (χ0) is 30.6. The van der Waals surface area contributed by atoms with Crippen molar-refractivity contribution in [3.05, 3.63) is 54.1 Å². The Morgan fingerprint density at radius 1 is 0.951 bits per heavy atom. The van der Waals surface area contributed by atoms with E-state index in [4.69, 9.17) is 9.47 Å². The fourth-order valence-corrected chi connectivity index (χ4v) is 5.78. The van der Waals surface area contributed by atoms with Gasteiger partial charge in [-0.3, -0.25) is 0 Å². The lowest BCUT2D eigenvalue weighted by molar-refractivity contribution is -0.154. The second-order valence-corrected chi connectivity index (χ2v) is 12.2. The van der Waals surface area contributed by atoms with Gasteiger partial charge in [-0.2, -0.15) is 30.6 Å². The molecule has 0 radical (unpaired) electrons. The molecule has 1 heterocycles. The number of rotatable bonds is 9. The molecule has 2 aromatic rings. The molecule has 0 aliphatic carbocycles. The van der Waals surface area contributed by atoms with Crippen molar-refractivity contribution in [1.29, 1.82) is 0 Å². The van der Waals surface area contributed by atoms with Crippen molar-refractivity contribution in [3.63, 3.8) is 0 Å². The molecule has 0 saturated carbocycles. The van der Waals surface area contributed by atoms with E-state index in [0.717, 1.165) is 16.4 Å². The van der Waals surface area contributed by atoms with Crippen molar-refractivity contribution in [2.24, 2.45) is 0 Å². The number of sulfonamides is 1. The summed E-state index contributed by atoms with van der Waals surface area (Å²) in [5.41, 5.74) is -0.291. The van der Waals surface area contributed by atoms with Crippen molar-refractivity contribution < 1.29 is 53.8 Å². The largest absolute Gasteiger partial charge is 0.484 e. The second-order valence-electron chi connectivity index (χ2n) is 10.3. The first kappa shape index (κ1) is 32.3. The number of carbonyl (C=O) groups excluding carboxylic acids is 1. The number of carbonyl (C=O) groups is 1.